The molecule has 1 unspecified atom stereocenters. The van der Waals surface area contributed by atoms with Crippen molar-refractivity contribution < 1.29 is 28.8 Å². The summed E-state index contributed by atoms with van der Waals surface area (Å²) >= 11 is 0. The first-order chi connectivity index (χ1) is 15.4. The molecule has 2 radical (unpaired) electrons. The summed E-state index contributed by atoms with van der Waals surface area (Å²) in [4.78, 5) is 30.7. The molecule has 182 valence electrons. The Labute approximate surface area is 193 Å². The van der Waals surface area contributed by atoms with Gasteiger partial charge in [0.15, 0.2) is 0 Å². The fourth-order valence-electron chi connectivity index (χ4n) is 3.55. The van der Waals surface area contributed by atoms with Crippen molar-refractivity contribution in [1.82, 2.24) is 5.32 Å². The molecule has 1 aromatic rings. The van der Waals surface area contributed by atoms with E-state index in [1.54, 1.807) is 12.1 Å². The van der Waals surface area contributed by atoms with Gasteiger partial charge in [0.25, 0.3) is 0 Å². The average Bonchev–Trinajstić information content (AvgIpc) is 2.74. The Balaban J connectivity index is 2.55. The summed E-state index contributed by atoms with van der Waals surface area (Å²) in [7, 11) is -4.58. The van der Waals surface area contributed by atoms with Crippen molar-refractivity contribution in [3.8, 4) is 5.75 Å². The summed E-state index contributed by atoms with van der Waals surface area (Å²) in [6.07, 6.45) is 11.8. The summed E-state index contributed by atoms with van der Waals surface area (Å²) in [5.74, 6) is 0.289. The molecule has 0 fully saturated rings. The number of carbonyl (C=O) groups is 1. The van der Waals surface area contributed by atoms with Crippen molar-refractivity contribution in [1.29, 1.82) is 0 Å². The molecule has 7 nitrogen and oxygen atoms in total. The van der Waals surface area contributed by atoms with Gasteiger partial charge in [-0.3, -0.25) is 14.6 Å². The molecule has 1 rings (SSSR count). The SMILES string of the molecule is [CH]CCCCCCNC(Cc1ccc(OP(=O)(O)O)cc1)C(=O)CCCCCCCCO. The third-order valence-corrected chi connectivity index (χ3v) is 5.78. The quantitative estimate of drug-likeness (QED) is 0.163. The zero-order valence-corrected chi connectivity index (χ0v) is 20.0. The highest BCUT2D eigenvalue weighted by Crippen LogP contribution is 2.37. The lowest BCUT2D eigenvalue weighted by atomic mass is 9.98. The highest BCUT2D eigenvalue weighted by Gasteiger charge is 2.19. The number of carbonyl (C=O) groups excluding carboxylic acids is 1. The number of aliphatic hydroxyl groups is 1. The van der Waals surface area contributed by atoms with Crippen LogP contribution in [0.25, 0.3) is 0 Å². The van der Waals surface area contributed by atoms with E-state index in [4.69, 9.17) is 21.8 Å². The molecule has 0 aromatic heterocycles. The van der Waals surface area contributed by atoms with E-state index in [9.17, 15) is 9.36 Å². The van der Waals surface area contributed by atoms with Gasteiger partial charge in [0.1, 0.15) is 11.5 Å². The van der Waals surface area contributed by atoms with Gasteiger partial charge in [-0.15, -0.1) is 0 Å². The highest BCUT2D eigenvalue weighted by atomic mass is 31.2. The van der Waals surface area contributed by atoms with Crippen LogP contribution in [0.15, 0.2) is 24.3 Å². The van der Waals surface area contributed by atoms with E-state index in [0.29, 0.717) is 19.3 Å². The van der Waals surface area contributed by atoms with Crippen molar-refractivity contribution in [2.75, 3.05) is 13.2 Å². The Kier molecular flexibility index (Phi) is 15.5. The van der Waals surface area contributed by atoms with E-state index < -0.39 is 7.82 Å². The minimum Gasteiger partial charge on any atom is -0.404 e. The molecule has 1 atom stereocenters. The Hall–Kier alpha value is -1.24. The first-order valence-electron chi connectivity index (χ1n) is 11.8. The summed E-state index contributed by atoms with van der Waals surface area (Å²) in [5, 5.41) is 12.2. The Bertz CT molecular complexity index is 661. The van der Waals surface area contributed by atoms with Crippen LogP contribution in [0.2, 0.25) is 0 Å². The zero-order chi connectivity index (χ0) is 23.7. The maximum Gasteiger partial charge on any atom is 0.524 e. The van der Waals surface area contributed by atoms with Crippen LogP contribution in [0.3, 0.4) is 0 Å². The topological polar surface area (TPSA) is 116 Å². The van der Waals surface area contributed by atoms with Gasteiger partial charge in [-0.25, -0.2) is 4.57 Å². The molecular weight excluding hydrogens is 429 g/mol. The van der Waals surface area contributed by atoms with Crippen LogP contribution >= 0.6 is 7.82 Å². The molecule has 0 aliphatic carbocycles. The van der Waals surface area contributed by atoms with E-state index in [1.165, 1.54) is 12.1 Å². The van der Waals surface area contributed by atoms with Crippen LogP contribution in [0.1, 0.15) is 82.6 Å². The fraction of sp³-hybridized carbons (Fsp3) is 0.667. The first-order valence-corrected chi connectivity index (χ1v) is 13.3. The van der Waals surface area contributed by atoms with Gasteiger partial charge >= 0.3 is 7.82 Å². The minimum atomic E-state index is -4.58. The molecule has 0 aliphatic heterocycles. The fourth-order valence-corrected chi connectivity index (χ4v) is 3.95. The van der Waals surface area contributed by atoms with Crippen LogP contribution in [0, 0.1) is 6.92 Å². The third kappa shape index (κ3) is 14.8. The van der Waals surface area contributed by atoms with Crippen LogP contribution in [0.5, 0.6) is 5.75 Å². The number of hydrogen-bond acceptors (Lipinski definition) is 5. The van der Waals surface area contributed by atoms with E-state index in [0.717, 1.165) is 76.3 Å². The normalized spacial score (nSPS) is 12.6. The molecule has 0 spiro atoms. The average molecular weight is 470 g/mol. The molecule has 0 aliphatic rings. The molecule has 0 amide bonds. The Morgan fingerprint density at radius 3 is 2.16 bits per heavy atom. The molecule has 0 heterocycles. The second-order valence-corrected chi connectivity index (χ2v) is 9.36. The van der Waals surface area contributed by atoms with Crippen molar-refractivity contribution in [2.45, 2.75) is 89.5 Å². The largest absolute Gasteiger partial charge is 0.524 e. The predicted octanol–water partition coefficient (Wildman–Crippen LogP) is 4.61. The Morgan fingerprint density at radius 1 is 0.938 bits per heavy atom. The molecule has 8 heteroatoms. The van der Waals surface area contributed by atoms with E-state index in [1.807, 2.05) is 0 Å². The number of hydrogen-bond donors (Lipinski definition) is 4. The number of aliphatic hydroxyl groups excluding tert-OH is 1. The lowest BCUT2D eigenvalue weighted by Crippen LogP contribution is -2.39. The molecule has 0 saturated carbocycles. The molecule has 32 heavy (non-hydrogen) atoms. The van der Waals surface area contributed by atoms with Crippen molar-refractivity contribution in [2.24, 2.45) is 0 Å². The summed E-state index contributed by atoms with van der Waals surface area (Å²) in [6.45, 7) is 6.54. The number of unbranched alkanes of at least 4 members (excludes halogenated alkanes) is 9. The monoisotopic (exact) mass is 469 g/mol. The number of nitrogens with one attached hydrogen (secondary N) is 1. The standard InChI is InChI=1S/C24H40NO6P/c1-2-3-4-8-11-18-25-23(24(27)13-10-7-5-6-9-12-19-26)20-21-14-16-22(17-15-21)31-32(28,29)30/h1,14-17,23,25-26H,2-13,18-20H2,(H2,28,29,30). The van der Waals surface area contributed by atoms with Crippen LogP contribution in [-0.2, 0) is 15.8 Å². The molecule has 0 bridgehead atoms. The van der Waals surface area contributed by atoms with Crippen molar-refractivity contribution >= 4 is 13.6 Å². The highest BCUT2D eigenvalue weighted by molar-refractivity contribution is 7.46. The maximum absolute atomic E-state index is 12.9. The molecular formula is C24H40NO6P. The third-order valence-electron chi connectivity index (χ3n) is 5.33. The van der Waals surface area contributed by atoms with E-state index in [2.05, 4.69) is 9.84 Å². The second kappa shape index (κ2) is 17.3. The van der Waals surface area contributed by atoms with Crippen LogP contribution < -0.4 is 9.84 Å². The Morgan fingerprint density at radius 2 is 1.53 bits per heavy atom. The molecule has 1 aromatic carbocycles. The van der Waals surface area contributed by atoms with Gasteiger partial charge in [0.05, 0.1) is 6.04 Å². The van der Waals surface area contributed by atoms with Gasteiger partial charge in [-0.2, -0.15) is 0 Å². The first kappa shape index (κ1) is 28.8. The lowest BCUT2D eigenvalue weighted by Gasteiger charge is -2.18. The number of phosphoric acid groups is 1. The van der Waals surface area contributed by atoms with Gasteiger partial charge in [-0.1, -0.05) is 57.1 Å². The second-order valence-electron chi connectivity index (χ2n) is 8.20. The summed E-state index contributed by atoms with van der Waals surface area (Å²) in [6, 6.07) is 6.20. The molecule has 4 N–H and O–H groups in total. The van der Waals surface area contributed by atoms with E-state index >= 15 is 0 Å². The molecule has 0 saturated heterocycles. The predicted molar refractivity (Wildman–Crippen MR) is 126 cm³/mol. The van der Waals surface area contributed by atoms with Crippen molar-refractivity contribution in [3.63, 3.8) is 0 Å². The summed E-state index contributed by atoms with van der Waals surface area (Å²) in [5.41, 5.74) is 0.904. The smallest absolute Gasteiger partial charge is 0.404 e. The zero-order valence-electron chi connectivity index (χ0n) is 19.1. The van der Waals surface area contributed by atoms with E-state index in [-0.39, 0.29) is 24.2 Å². The minimum absolute atomic E-state index is 0.0963. The number of rotatable bonds is 20. The number of Topliss-reactive ketones (excluding diaryl/α,β-unsaturated/α-hetero) is 1. The number of ketones is 1. The van der Waals surface area contributed by atoms with Crippen molar-refractivity contribution in [3.05, 3.63) is 36.8 Å². The van der Waals surface area contributed by atoms with Gasteiger partial charge in [0.2, 0.25) is 0 Å². The maximum atomic E-state index is 12.9. The van der Waals surface area contributed by atoms with Gasteiger partial charge < -0.3 is 14.9 Å². The lowest BCUT2D eigenvalue weighted by molar-refractivity contribution is -0.121. The van der Waals surface area contributed by atoms with Gasteiger partial charge in [-0.05, 0) is 63.3 Å². The van der Waals surface area contributed by atoms with Crippen LogP contribution in [0.4, 0.5) is 0 Å². The summed E-state index contributed by atoms with van der Waals surface area (Å²) < 4.78 is 15.5. The van der Waals surface area contributed by atoms with Gasteiger partial charge in [0, 0.05) is 13.0 Å². The number of phosphoric ester groups is 1. The number of benzene rings is 1. The van der Waals surface area contributed by atoms with Crippen LogP contribution in [-0.4, -0.2) is 39.9 Å².